The zero-order valence-corrected chi connectivity index (χ0v) is 16.1. The SMILES string of the molecule is CCNC(=NCc1ccc(Cl)nc1)N1CCc2ccccc21.I. The van der Waals surface area contributed by atoms with Crippen LogP contribution in [0.15, 0.2) is 47.6 Å². The number of aliphatic imine (C=N–C) groups is 1. The van der Waals surface area contributed by atoms with Crippen molar-refractivity contribution in [3.05, 3.63) is 58.9 Å². The van der Waals surface area contributed by atoms with Crippen molar-refractivity contribution in [2.24, 2.45) is 4.99 Å². The predicted octanol–water partition coefficient (Wildman–Crippen LogP) is 3.88. The summed E-state index contributed by atoms with van der Waals surface area (Å²) in [4.78, 5) is 11.1. The highest BCUT2D eigenvalue weighted by molar-refractivity contribution is 14.0. The minimum Gasteiger partial charge on any atom is -0.356 e. The molecule has 0 spiro atoms. The van der Waals surface area contributed by atoms with Crippen LogP contribution in [-0.2, 0) is 13.0 Å². The number of pyridine rings is 1. The van der Waals surface area contributed by atoms with Gasteiger partial charge < -0.3 is 10.2 Å². The number of hydrogen-bond acceptors (Lipinski definition) is 2. The van der Waals surface area contributed by atoms with Gasteiger partial charge in [0.05, 0.1) is 6.54 Å². The normalized spacial score (nSPS) is 13.5. The monoisotopic (exact) mass is 442 g/mol. The molecule has 1 N–H and O–H groups in total. The lowest BCUT2D eigenvalue weighted by Crippen LogP contribution is -2.40. The molecule has 1 aromatic heterocycles. The fourth-order valence-corrected chi connectivity index (χ4v) is 2.73. The maximum atomic E-state index is 5.82. The summed E-state index contributed by atoms with van der Waals surface area (Å²) < 4.78 is 0. The van der Waals surface area contributed by atoms with E-state index < -0.39 is 0 Å². The van der Waals surface area contributed by atoms with Gasteiger partial charge in [-0.3, -0.25) is 0 Å². The van der Waals surface area contributed by atoms with Crippen LogP contribution in [0.5, 0.6) is 0 Å². The number of benzene rings is 1. The average Bonchev–Trinajstić information content (AvgIpc) is 2.97. The Labute approximate surface area is 159 Å². The van der Waals surface area contributed by atoms with E-state index in [1.54, 1.807) is 12.3 Å². The number of rotatable bonds is 3. The molecule has 2 heterocycles. The van der Waals surface area contributed by atoms with E-state index in [0.717, 1.165) is 31.0 Å². The first-order valence-corrected chi connectivity index (χ1v) is 7.90. The fourth-order valence-electron chi connectivity index (χ4n) is 2.62. The second kappa shape index (κ2) is 8.49. The molecule has 6 heteroatoms. The number of guanidine groups is 1. The molecule has 122 valence electrons. The van der Waals surface area contributed by atoms with E-state index >= 15 is 0 Å². The lowest BCUT2D eigenvalue weighted by molar-refractivity contribution is 0.881. The zero-order valence-electron chi connectivity index (χ0n) is 13.0. The van der Waals surface area contributed by atoms with Crippen molar-refractivity contribution in [3.8, 4) is 0 Å². The molecule has 0 aliphatic carbocycles. The first-order valence-electron chi connectivity index (χ1n) is 7.52. The van der Waals surface area contributed by atoms with Gasteiger partial charge in [-0.05, 0) is 36.6 Å². The molecule has 1 aliphatic heterocycles. The topological polar surface area (TPSA) is 40.5 Å². The third-order valence-corrected chi connectivity index (χ3v) is 3.90. The molecule has 0 saturated heterocycles. The second-order valence-corrected chi connectivity index (χ2v) is 5.58. The third kappa shape index (κ3) is 4.35. The minimum atomic E-state index is 0. The molecular formula is C17H20ClIN4. The van der Waals surface area contributed by atoms with Crippen molar-refractivity contribution < 1.29 is 0 Å². The highest BCUT2D eigenvalue weighted by atomic mass is 127. The van der Waals surface area contributed by atoms with Gasteiger partial charge in [0.25, 0.3) is 0 Å². The van der Waals surface area contributed by atoms with Crippen LogP contribution in [0.4, 0.5) is 5.69 Å². The largest absolute Gasteiger partial charge is 0.356 e. The Kier molecular flexibility index (Phi) is 6.65. The van der Waals surface area contributed by atoms with Crippen molar-refractivity contribution >= 4 is 47.2 Å². The van der Waals surface area contributed by atoms with E-state index in [1.165, 1.54) is 11.3 Å². The number of fused-ring (bicyclic) bond motifs is 1. The Morgan fingerprint density at radius 1 is 1.30 bits per heavy atom. The van der Waals surface area contributed by atoms with E-state index in [4.69, 9.17) is 16.6 Å². The summed E-state index contributed by atoms with van der Waals surface area (Å²) in [7, 11) is 0. The lowest BCUT2D eigenvalue weighted by atomic mass is 10.2. The number of nitrogens with one attached hydrogen (secondary N) is 1. The molecule has 0 unspecified atom stereocenters. The molecule has 0 radical (unpaired) electrons. The van der Waals surface area contributed by atoms with Crippen LogP contribution in [0.2, 0.25) is 5.15 Å². The number of anilines is 1. The Morgan fingerprint density at radius 3 is 2.87 bits per heavy atom. The molecular weight excluding hydrogens is 423 g/mol. The number of aromatic nitrogens is 1. The Bertz CT molecular complexity index is 673. The summed E-state index contributed by atoms with van der Waals surface area (Å²) in [6.07, 6.45) is 2.83. The lowest BCUT2D eigenvalue weighted by Gasteiger charge is -2.22. The quantitative estimate of drug-likeness (QED) is 0.339. The zero-order chi connectivity index (χ0) is 15.4. The maximum Gasteiger partial charge on any atom is 0.198 e. The predicted molar refractivity (Wildman–Crippen MR) is 107 cm³/mol. The Hall–Kier alpha value is -1.34. The van der Waals surface area contributed by atoms with Gasteiger partial charge in [-0.1, -0.05) is 35.9 Å². The highest BCUT2D eigenvalue weighted by Gasteiger charge is 2.22. The van der Waals surface area contributed by atoms with E-state index in [9.17, 15) is 0 Å². The molecule has 4 nitrogen and oxygen atoms in total. The van der Waals surface area contributed by atoms with E-state index in [1.807, 2.05) is 6.07 Å². The summed E-state index contributed by atoms with van der Waals surface area (Å²) in [5.74, 6) is 0.919. The summed E-state index contributed by atoms with van der Waals surface area (Å²) >= 11 is 5.82. The molecule has 1 aromatic carbocycles. The van der Waals surface area contributed by atoms with E-state index in [2.05, 4.69) is 46.4 Å². The molecule has 0 fully saturated rings. The number of para-hydroxylation sites is 1. The molecule has 1 aliphatic rings. The van der Waals surface area contributed by atoms with E-state index in [-0.39, 0.29) is 24.0 Å². The number of hydrogen-bond donors (Lipinski definition) is 1. The van der Waals surface area contributed by atoms with Gasteiger partial charge in [-0.2, -0.15) is 0 Å². The van der Waals surface area contributed by atoms with Gasteiger partial charge in [-0.15, -0.1) is 24.0 Å². The molecule has 0 saturated carbocycles. The van der Waals surface area contributed by atoms with Gasteiger partial charge in [-0.25, -0.2) is 9.98 Å². The van der Waals surface area contributed by atoms with Gasteiger partial charge >= 0.3 is 0 Å². The van der Waals surface area contributed by atoms with Crippen LogP contribution in [0.1, 0.15) is 18.1 Å². The fraction of sp³-hybridized carbons (Fsp3) is 0.294. The van der Waals surface area contributed by atoms with Crippen LogP contribution in [0.3, 0.4) is 0 Å². The molecule has 23 heavy (non-hydrogen) atoms. The number of nitrogens with zero attached hydrogens (tertiary/aromatic N) is 3. The first-order chi connectivity index (χ1) is 10.8. The van der Waals surface area contributed by atoms with Crippen LogP contribution < -0.4 is 10.2 Å². The van der Waals surface area contributed by atoms with E-state index in [0.29, 0.717) is 11.7 Å². The summed E-state index contributed by atoms with van der Waals surface area (Å²) in [5, 5.41) is 3.88. The van der Waals surface area contributed by atoms with Crippen molar-refractivity contribution in [2.45, 2.75) is 19.9 Å². The summed E-state index contributed by atoms with van der Waals surface area (Å²) in [6.45, 7) is 4.48. The number of halogens is 2. The van der Waals surface area contributed by atoms with Crippen molar-refractivity contribution in [3.63, 3.8) is 0 Å². The van der Waals surface area contributed by atoms with Crippen molar-refractivity contribution in [1.82, 2.24) is 10.3 Å². The Balaban J connectivity index is 0.00000192. The maximum absolute atomic E-state index is 5.82. The van der Waals surface area contributed by atoms with Gasteiger partial charge in [0, 0.05) is 25.0 Å². The average molecular weight is 443 g/mol. The summed E-state index contributed by atoms with van der Waals surface area (Å²) in [6, 6.07) is 12.3. The van der Waals surface area contributed by atoms with Crippen molar-refractivity contribution in [2.75, 3.05) is 18.0 Å². The Morgan fingerprint density at radius 2 is 2.13 bits per heavy atom. The third-order valence-electron chi connectivity index (χ3n) is 3.68. The molecule has 0 atom stereocenters. The molecule has 2 aromatic rings. The van der Waals surface area contributed by atoms with Crippen LogP contribution in [-0.4, -0.2) is 24.0 Å². The second-order valence-electron chi connectivity index (χ2n) is 5.19. The molecule has 0 bridgehead atoms. The standard InChI is InChI=1S/C17H19ClN4.HI/c1-2-19-17(21-12-13-7-8-16(18)20-11-13)22-10-9-14-5-3-4-6-15(14)22;/h3-8,11H,2,9-10,12H2,1H3,(H,19,21);1H. The summed E-state index contributed by atoms with van der Waals surface area (Å²) in [5.41, 5.74) is 3.67. The van der Waals surface area contributed by atoms with Crippen molar-refractivity contribution in [1.29, 1.82) is 0 Å². The molecule has 0 amide bonds. The van der Waals surface area contributed by atoms with Crippen LogP contribution in [0, 0.1) is 0 Å². The van der Waals surface area contributed by atoms with Gasteiger partial charge in [0.15, 0.2) is 5.96 Å². The van der Waals surface area contributed by atoms with Crippen LogP contribution in [0.25, 0.3) is 0 Å². The van der Waals surface area contributed by atoms with Gasteiger partial charge in [0.2, 0.25) is 0 Å². The van der Waals surface area contributed by atoms with Crippen LogP contribution >= 0.6 is 35.6 Å². The highest BCUT2D eigenvalue weighted by Crippen LogP contribution is 2.27. The minimum absolute atomic E-state index is 0. The molecule has 3 rings (SSSR count). The van der Waals surface area contributed by atoms with Gasteiger partial charge in [0.1, 0.15) is 5.15 Å². The smallest absolute Gasteiger partial charge is 0.198 e. The first kappa shape index (κ1) is 18.0.